The molecule has 0 fully saturated rings. The van der Waals surface area contributed by atoms with Gasteiger partial charge in [-0.15, -0.1) is 0 Å². The van der Waals surface area contributed by atoms with E-state index in [4.69, 9.17) is 9.15 Å². The van der Waals surface area contributed by atoms with Crippen LogP contribution in [0.3, 0.4) is 0 Å². The molecule has 0 aliphatic rings. The minimum absolute atomic E-state index is 0.301. The van der Waals surface area contributed by atoms with Crippen molar-refractivity contribution in [1.82, 2.24) is 0 Å². The molecule has 0 unspecified atom stereocenters. The second-order valence-corrected chi connectivity index (χ2v) is 4.89. The van der Waals surface area contributed by atoms with Gasteiger partial charge in [-0.05, 0) is 37.0 Å². The topological polar surface area (TPSA) is 39.4 Å². The van der Waals surface area contributed by atoms with Crippen LogP contribution in [0.5, 0.6) is 5.75 Å². The first kappa shape index (κ1) is 13.1. The second-order valence-electron chi connectivity index (χ2n) is 4.10. The van der Waals surface area contributed by atoms with E-state index in [1.807, 2.05) is 12.1 Å². The van der Waals surface area contributed by atoms with Crippen LogP contribution >= 0.6 is 15.9 Å². The highest BCUT2D eigenvalue weighted by Crippen LogP contribution is 2.23. The largest absolute Gasteiger partial charge is 0.497 e. The lowest BCUT2D eigenvalue weighted by molar-refractivity contribution is 0.414. The maximum absolute atomic E-state index is 11.5. The van der Waals surface area contributed by atoms with Crippen LogP contribution in [0.25, 0.3) is 11.0 Å². The smallest absolute Gasteiger partial charge is 0.336 e. The number of benzene rings is 1. The van der Waals surface area contributed by atoms with Crippen molar-refractivity contribution in [2.24, 2.45) is 0 Å². The first-order chi connectivity index (χ1) is 8.74. The zero-order valence-electron chi connectivity index (χ0n) is 10.2. The minimum atomic E-state index is -0.301. The Labute approximate surface area is 114 Å². The second kappa shape index (κ2) is 6.05. The molecule has 3 nitrogen and oxygen atoms in total. The number of unbranched alkanes of at least 4 members (excludes halogenated alkanes) is 1. The maximum atomic E-state index is 11.5. The van der Waals surface area contributed by atoms with E-state index in [0.717, 1.165) is 35.5 Å². The third-order valence-electron chi connectivity index (χ3n) is 2.87. The van der Waals surface area contributed by atoms with Gasteiger partial charge in [0.25, 0.3) is 0 Å². The van der Waals surface area contributed by atoms with Crippen LogP contribution < -0.4 is 10.4 Å². The van der Waals surface area contributed by atoms with Crippen molar-refractivity contribution in [2.45, 2.75) is 19.3 Å². The fourth-order valence-corrected chi connectivity index (χ4v) is 2.35. The van der Waals surface area contributed by atoms with Crippen molar-refractivity contribution >= 4 is 26.9 Å². The summed E-state index contributed by atoms with van der Waals surface area (Å²) in [6.07, 6.45) is 3.04. The molecule has 96 valence electrons. The Morgan fingerprint density at radius 2 is 2.11 bits per heavy atom. The molecule has 0 aliphatic heterocycles. The zero-order valence-corrected chi connectivity index (χ0v) is 11.8. The number of ether oxygens (including phenoxy) is 1. The minimum Gasteiger partial charge on any atom is -0.497 e. The molecule has 1 heterocycles. The normalized spacial score (nSPS) is 10.8. The SMILES string of the molecule is COc1ccc2c(CCCCBr)cc(=O)oc2c1. The Hall–Kier alpha value is -1.29. The summed E-state index contributed by atoms with van der Waals surface area (Å²) in [5.41, 5.74) is 1.34. The van der Waals surface area contributed by atoms with Crippen LogP contribution in [0.1, 0.15) is 18.4 Å². The third-order valence-corrected chi connectivity index (χ3v) is 3.43. The summed E-state index contributed by atoms with van der Waals surface area (Å²) >= 11 is 3.41. The van der Waals surface area contributed by atoms with E-state index in [2.05, 4.69) is 15.9 Å². The van der Waals surface area contributed by atoms with Gasteiger partial charge in [0.1, 0.15) is 11.3 Å². The fourth-order valence-electron chi connectivity index (χ4n) is 1.95. The van der Waals surface area contributed by atoms with E-state index in [9.17, 15) is 4.79 Å². The number of aryl methyl sites for hydroxylation is 1. The fraction of sp³-hybridized carbons (Fsp3) is 0.357. The third kappa shape index (κ3) is 2.93. The summed E-state index contributed by atoms with van der Waals surface area (Å²) in [5, 5.41) is 1.98. The molecule has 4 heteroatoms. The van der Waals surface area contributed by atoms with Gasteiger partial charge in [0.05, 0.1) is 7.11 Å². The monoisotopic (exact) mass is 310 g/mol. The van der Waals surface area contributed by atoms with E-state index in [-0.39, 0.29) is 5.63 Å². The van der Waals surface area contributed by atoms with Crippen LogP contribution in [-0.4, -0.2) is 12.4 Å². The maximum Gasteiger partial charge on any atom is 0.336 e. The van der Waals surface area contributed by atoms with Gasteiger partial charge in [0, 0.05) is 22.8 Å². The molecule has 0 atom stereocenters. The number of alkyl halides is 1. The Kier molecular flexibility index (Phi) is 4.42. The van der Waals surface area contributed by atoms with Gasteiger partial charge in [-0.1, -0.05) is 15.9 Å². The summed E-state index contributed by atoms with van der Waals surface area (Å²) < 4.78 is 10.3. The number of halogens is 1. The van der Waals surface area contributed by atoms with Crippen molar-refractivity contribution in [3.05, 3.63) is 40.2 Å². The lowest BCUT2D eigenvalue weighted by Gasteiger charge is -2.06. The number of fused-ring (bicyclic) bond motifs is 1. The van der Waals surface area contributed by atoms with Crippen molar-refractivity contribution in [1.29, 1.82) is 0 Å². The van der Waals surface area contributed by atoms with Gasteiger partial charge in [0.2, 0.25) is 0 Å². The predicted octanol–water partition coefficient (Wildman–Crippen LogP) is 3.52. The summed E-state index contributed by atoms with van der Waals surface area (Å²) in [6, 6.07) is 7.17. The molecule has 0 N–H and O–H groups in total. The molecule has 1 aromatic heterocycles. The molecule has 2 aromatic rings. The summed E-state index contributed by atoms with van der Waals surface area (Å²) in [4.78, 5) is 11.5. The van der Waals surface area contributed by atoms with Crippen molar-refractivity contribution in [3.8, 4) is 5.75 Å². The number of methoxy groups -OCH3 is 1. The van der Waals surface area contributed by atoms with Gasteiger partial charge in [-0.25, -0.2) is 4.79 Å². The molecule has 0 spiro atoms. The first-order valence-corrected chi connectivity index (χ1v) is 7.03. The molecule has 0 aliphatic carbocycles. The Balaban J connectivity index is 2.42. The molecular weight excluding hydrogens is 296 g/mol. The van der Waals surface area contributed by atoms with Gasteiger partial charge in [-0.3, -0.25) is 0 Å². The van der Waals surface area contributed by atoms with E-state index in [0.29, 0.717) is 11.3 Å². The van der Waals surface area contributed by atoms with Crippen molar-refractivity contribution in [2.75, 3.05) is 12.4 Å². The Morgan fingerprint density at radius 1 is 1.28 bits per heavy atom. The van der Waals surface area contributed by atoms with Gasteiger partial charge < -0.3 is 9.15 Å². The van der Waals surface area contributed by atoms with E-state index in [1.54, 1.807) is 19.2 Å². The van der Waals surface area contributed by atoms with Crippen molar-refractivity contribution in [3.63, 3.8) is 0 Å². The summed E-state index contributed by atoms with van der Waals surface area (Å²) in [7, 11) is 1.60. The quantitative estimate of drug-likeness (QED) is 0.482. The Bertz CT molecular complexity index is 589. The highest BCUT2D eigenvalue weighted by molar-refractivity contribution is 9.09. The van der Waals surface area contributed by atoms with Gasteiger partial charge in [0.15, 0.2) is 0 Å². The molecule has 1 aromatic carbocycles. The molecular formula is C14H15BrO3. The molecule has 0 radical (unpaired) electrons. The van der Waals surface area contributed by atoms with Gasteiger partial charge >= 0.3 is 5.63 Å². The van der Waals surface area contributed by atoms with Crippen LogP contribution in [0, 0.1) is 0 Å². The van der Waals surface area contributed by atoms with Gasteiger partial charge in [-0.2, -0.15) is 0 Å². The first-order valence-electron chi connectivity index (χ1n) is 5.91. The number of hydrogen-bond acceptors (Lipinski definition) is 3. The van der Waals surface area contributed by atoms with Crippen LogP contribution in [0.4, 0.5) is 0 Å². The Morgan fingerprint density at radius 3 is 2.83 bits per heavy atom. The molecule has 0 amide bonds. The number of hydrogen-bond donors (Lipinski definition) is 0. The standard InChI is InChI=1S/C14H15BrO3/c1-17-11-5-6-12-10(4-2-3-7-15)8-14(16)18-13(12)9-11/h5-6,8-9H,2-4,7H2,1H3. The van der Waals surface area contributed by atoms with E-state index >= 15 is 0 Å². The molecule has 0 bridgehead atoms. The van der Waals surface area contributed by atoms with Crippen LogP contribution in [0.15, 0.2) is 33.5 Å². The summed E-state index contributed by atoms with van der Waals surface area (Å²) in [6.45, 7) is 0. The molecule has 0 saturated heterocycles. The highest BCUT2D eigenvalue weighted by atomic mass is 79.9. The summed E-state index contributed by atoms with van der Waals surface area (Å²) in [5.74, 6) is 0.697. The van der Waals surface area contributed by atoms with Crippen LogP contribution in [0.2, 0.25) is 0 Å². The molecule has 2 rings (SSSR count). The lowest BCUT2D eigenvalue weighted by Crippen LogP contribution is -2.01. The average molecular weight is 311 g/mol. The molecule has 0 saturated carbocycles. The van der Waals surface area contributed by atoms with E-state index in [1.165, 1.54) is 0 Å². The zero-order chi connectivity index (χ0) is 13.0. The predicted molar refractivity (Wildman–Crippen MR) is 75.8 cm³/mol. The van der Waals surface area contributed by atoms with E-state index < -0.39 is 0 Å². The van der Waals surface area contributed by atoms with Crippen LogP contribution in [-0.2, 0) is 6.42 Å². The number of rotatable bonds is 5. The average Bonchev–Trinajstić information content (AvgIpc) is 2.38. The molecule has 18 heavy (non-hydrogen) atoms. The lowest BCUT2D eigenvalue weighted by atomic mass is 10.0. The van der Waals surface area contributed by atoms with Crippen molar-refractivity contribution < 1.29 is 9.15 Å². The highest BCUT2D eigenvalue weighted by Gasteiger charge is 2.06.